The first kappa shape index (κ1) is 27.4. The van der Waals surface area contributed by atoms with Crippen LogP contribution in [-0.4, -0.2) is 29.6 Å². The van der Waals surface area contributed by atoms with Crippen LogP contribution in [0, 0.1) is 18.7 Å². The molecule has 0 spiro atoms. The zero-order valence-electron chi connectivity index (χ0n) is 19.0. The third-order valence-electron chi connectivity index (χ3n) is 5.97. The Morgan fingerprint density at radius 3 is 2.14 bits per heavy atom. The maximum atomic E-state index is 14.2. The minimum absolute atomic E-state index is 0.121. The molecule has 1 N–H and O–H groups in total. The largest absolute Gasteiger partial charge is 0.458 e. The van der Waals surface area contributed by atoms with Crippen LogP contribution in [0.1, 0.15) is 45.7 Å². The van der Waals surface area contributed by atoms with Gasteiger partial charge in [-0.1, -0.05) is 0 Å². The fourth-order valence-corrected chi connectivity index (χ4v) is 3.71. The minimum Gasteiger partial charge on any atom is -0.352 e. The average molecular weight is 529 g/mol. The standard InChI is InChI=1S/C22H20F9N3O2/c1-10-15(20(24,25)22(29,30)31)16(21(26,27)28)17(33(10)2)19(36)34(3)13-6-7-14(23)12(8-13)9-32-18(35)11-4-5-11/h6-8,11H,4-5,9H2,1-3H3,(H,32,35). The van der Waals surface area contributed by atoms with Gasteiger partial charge in [-0.15, -0.1) is 0 Å². The molecule has 1 aliphatic rings. The molecule has 0 bridgehead atoms. The number of carbonyl (C=O) groups excluding carboxylic acids is 2. The molecule has 1 saturated carbocycles. The number of alkyl halides is 8. The number of hydrogen-bond donors (Lipinski definition) is 1. The highest BCUT2D eigenvalue weighted by Gasteiger charge is 2.63. The lowest BCUT2D eigenvalue weighted by molar-refractivity contribution is -0.291. The predicted octanol–water partition coefficient (Wildman–Crippen LogP) is 5.45. The van der Waals surface area contributed by atoms with E-state index in [1.165, 1.54) is 0 Å². The average Bonchev–Trinajstić information content (AvgIpc) is 3.56. The molecule has 0 saturated heterocycles. The molecule has 2 amide bonds. The number of hydrogen-bond acceptors (Lipinski definition) is 2. The summed E-state index contributed by atoms with van der Waals surface area (Å²) in [5.74, 6) is -8.77. The molecule has 1 fully saturated rings. The first-order valence-electron chi connectivity index (χ1n) is 10.4. The second-order valence-electron chi connectivity index (χ2n) is 8.44. The van der Waals surface area contributed by atoms with E-state index in [9.17, 15) is 49.1 Å². The van der Waals surface area contributed by atoms with Gasteiger partial charge >= 0.3 is 18.3 Å². The summed E-state index contributed by atoms with van der Waals surface area (Å²) in [5.41, 5.74) is -7.65. The molecule has 0 aliphatic heterocycles. The fraction of sp³-hybridized carbons (Fsp3) is 0.455. The SMILES string of the molecule is Cc1c(C(F)(F)C(F)(F)F)c(C(F)(F)F)c(C(=O)N(C)c2ccc(F)c(CNC(=O)C3CC3)c2)n1C. The van der Waals surface area contributed by atoms with E-state index >= 15 is 0 Å². The van der Waals surface area contributed by atoms with Crippen LogP contribution in [0.15, 0.2) is 18.2 Å². The van der Waals surface area contributed by atoms with Crippen molar-refractivity contribution in [3.63, 3.8) is 0 Å². The Bertz CT molecular complexity index is 1190. The number of benzene rings is 1. The molecule has 14 heteroatoms. The van der Waals surface area contributed by atoms with E-state index < -0.39 is 52.5 Å². The van der Waals surface area contributed by atoms with Crippen molar-refractivity contribution in [1.29, 1.82) is 0 Å². The molecule has 198 valence electrons. The summed E-state index contributed by atoms with van der Waals surface area (Å²) in [4.78, 5) is 25.4. The number of anilines is 1. The summed E-state index contributed by atoms with van der Waals surface area (Å²) < 4.78 is 123. The summed E-state index contributed by atoms with van der Waals surface area (Å²) in [5, 5.41) is 2.48. The first-order valence-corrected chi connectivity index (χ1v) is 10.4. The summed E-state index contributed by atoms with van der Waals surface area (Å²) >= 11 is 0. The number of rotatable bonds is 6. The molecular formula is C22H20F9N3O2. The van der Waals surface area contributed by atoms with Gasteiger partial charge < -0.3 is 14.8 Å². The van der Waals surface area contributed by atoms with Crippen molar-refractivity contribution in [2.24, 2.45) is 13.0 Å². The number of amides is 2. The predicted molar refractivity (Wildman–Crippen MR) is 109 cm³/mol. The van der Waals surface area contributed by atoms with Gasteiger partial charge in [0.15, 0.2) is 0 Å². The quantitative estimate of drug-likeness (QED) is 0.507. The maximum absolute atomic E-state index is 14.2. The molecule has 1 aromatic heterocycles. The van der Waals surface area contributed by atoms with E-state index in [1.54, 1.807) is 0 Å². The lowest BCUT2D eigenvalue weighted by Gasteiger charge is -2.23. The Labute approximate surface area is 198 Å². The third-order valence-corrected chi connectivity index (χ3v) is 5.97. The van der Waals surface area contributed by atoms with Crippen LogP contribution in [0.3, 0.4) is 0 Å². The van der Waals surface area contributed by atoms with Crippen LogP contribution in [0.25, 0.3) is 0 Å². The molecule has 0 atom stereocenters. The van der Waals surface area contributed by atoms with Gasteiger partial charge in [-0.2, -0.15) is 35.1 Å². The molecule has 0 radical (unpaired) electrons. The smallest absolute Gasteiger partial charge is 0.352 e. The van der Waals surface area contributed by atoms with E-state index in [0.29, 0.717) is 29.2 Å². The molecule has 0 unspecified atom stereocenters. The zero-order valence-corrected chi connectivity index (χ0v) is 19.0. The van der Waals surface area contributed by atoms with Gasteiger partial charge in [0, 0.05) is 43.5 Å². The molecule has 5 nitrogen and oxygen atoms in total. The van der Waals surface area contributed by atoms with Crippen molar-refractivity contribution in [1.82, 2.24) is 9.88 Å². The van der Waals surface area contributed by atoms with Crippen molar-refractivity contribution >= 4 is 17.5 Å². The Morgan fingerprint density at radius 1 is 1.06 bits per heavy atom. The van der Waals surface area contributed by atoms with Gasteiger partial charge in [-0.3, -0.25) is 9.59 Å². The van der Waals surface area contributed by atoms with Gasteiger partial charge in [-0.25, -0.2) is 4.39 Å². The van der Waals surface area contributed by atoms with E-state index in [1.807, 2.05) is 0 Å². The monoisotopic (exact) mass is 529 g/mol. The highest BCUT2D eigenvalue weighted by molar-refractivity contribution is 6.06. The highest BCUT2D eigenvalue weighted by Crippen LogP contribution is 2.51. The van der Waals surface area contributed by atoms with Crippen LogP contribution in [-0.2, 0) is 30.5 Å². The molecule has 3 rings (SSSR count). The number of nitrogens with zero attached hydrogens (tertiary/aromatic N) is 2. The lowest BCUT2D eigenvalue weighted by Crippen LogP contribution is -2.36. The van der Waals surface area contributed by atoms with Crippen LogP contribution >= 0.6 is 0 Å². The van der Waals surface area contributed by atoms with E-state index in [4.69, 9.17) is 0 Å². The highest BCUT2D eigenvalue weighted by atomic mass is 19.4. The lowest BCUT2D eigenvalue weighted by atomic mass is 10.0. The van der Waals surface area contributed by atoms with Gasteiger partial charge in [0.1, 0.15) is 11.5 Å². The summed E-state index contributed by atoms with van der Waals surface area (Å²) in [6.45, 7) is 0.315. The molecule has 1 aromatic carbocycles. The fourth-order valence-electron chi connectivity index (χ4n) is 3.71. The van der Waals surface area contributed by atoms with Crippen molar-refractivity contribution in [3.05, 3.63) is 52.1 Å². The van der Waals surface area contributed by atoms with Gasteiger partial charge in [0.25, 0.3) is 5.91 Å². The van der Waals surface area contributed by atoms with E-state index in [2.05, 4.69) is 5.32 Å². The Hall–Kier alpha value is -3.19. The van der Waals surface area contributed by atoms with Crippen molar-refractivity contribution < 1.29 is 49.1 Å². The van der Waals surface area contributed by atoms with E-state index in [0.717, 1.165) is 32.3 Å². The van der Waals surface area contributed by atoms with Gasteiger partial charge in [0.2, 0.25) is 5.91 Å². The third kappa shape index (κ3) is 4.89. The van der Waals surface area contributed by atoms with Crippen LogP contribution in [0.5, 0.6) is 0 Å². The summed E-state index contributed by atoms with van der Waals surface area (Å²) in [6, 6.07) is 2.93. The Morgan fingerprint density at radius 2 is 1.64 bits per heavy atom. The summed E-state index contributed by atoms with van der Waals surface area (Å²) in [7, 11) is 1.71. The van der Waals surface area contributed by atoms with Crippen LogP contribution in [0.2, 0.25) is 0 Å². The number of carbonyl (C=O) groups is 2. The van der Waals surface area contributed by atoms with Crippen molar-refractivity contribution in [2.75, 3.05) is 11.9 Å². The number of halogens is 9. The molecule has 36 heavy (non-hydrogen) atoms. The second kappa shape index (κ2) is 9.04. The first-order chi connectivity index (χ1) is 16.4. The maximum Gasteiger partial charge on any atom is 0.458 e. The minimum atomic E-state index is -6.36. The van der Waals surface area contributed by atoms with Crippen molar-refractivity contribution in [3.8, 4) is 0 Å². The molecule has 1 aliphatic carbocycles. The van der Waals surface area contributed by atoms with Crippen molar-refractivity contribution in [2.45, 2.75) is 44.6 Å². The van der Waals surface area contributed by atoms with E-state index in [-0.39, 0.29) is 29.6 Å². The topological polar surface area (TPSA) is 54.3 Å². The molecule has 2 aromatic rings. The Balaban J connectivity index is 2.05. The normalized spacial score (nSPS) is 14.7. The van der Waals surface area contributed by atoms with Gasteiger partial charge in [-0.05, 0) is 38.0 Å². The van der Waals surface area contributed by atoms with Gasteiger partial charge in [0.05, 0.1) is 11.1 Å². The molecule has 1 heterocycles. The van der Waals surface area contributed by atoms with Crippen LogP contribution < -0.4 is 10.2 Å². The Kier molecular flexibility index (Phi) is 6.88. The number of nitrogens with one attached hydrogen (secondary N) is 1. The summed E-state index contributed by atoms with van der Waals surface area (Å²) in [6.07, 6.45) is -10.7. The number of aromatic nitrogens is 1. The van der Waals surface area contributed by atoms with Crippen LogP contribution in [0.4, 0.5) is 45.2 Å². The zero-order chi connectivity index (χ0) is 27.4. The second-order valence-corrected chi connectivity index (χ2v) is 8.44. The molecular weight excluding hydrogens is 509 g/mol.